The van der Waals surface area contributed by atoms with Crippen LogP contribution in [0.1, 0.15) is 11.5 Å². The zero-order valence-corrected chi connectivity index (χ0v) is 14.8. The summed E-state index contributed by atoms with van der Waals surface area (Å²) in [4.78, 5) is 0.188. The Hall–Kier alpha value is -1.80. The zero-order valence-electron chi connectivity index (χ0n) is 13.2. The average molecular weight is 381 g/mol. The lowest BCUT2D eigenvalue weighted by Gasteiger charge is -2.09. The van der Waals surface area contributed by atoms with E-state index in [-0.39, 0.29) is 18.2 Å². The molecule has 1 heterocycles. The molecule has 0 radical (unpaired) electrons. The molecule has 0 bridgehead atoms. The van der Waals surface area contributed by atoms with Crippen LogP contribution < -0.4 is 20.9 Å². The highest BCUT2D eigenvalue weighted by atomic mass is 35.5. The van der Waals surface area contributed by atoms with Gasteiger partial charge in [0.05, 0.1) is 15.7 Å². The van der Waals surface area contributed by atoms with E-state index in [2.05, 4.69) is 0 Å². The minimum absolute atomic E-state index is 0.0591. The second kappa shape index (κ2) is 5.60. The molecular weight excluding hydrogens is 364 g/mol. The summed E-state index contributed by atoms with van der Waals surface area (Å²) in [6.07, 6.45) is 0. The van der Waals surface area contributed by atoms with E-state index in [0.717, 1.165) is 5.56 Å². The van der Waals surface area contributed by atoms with Gasteiger partial charge in [0.15, 0.2) is 21.3 Å². The maximum absolute atomic E-state index is 13.1. The number of hydrogen-bond donors (Lipinski definition) is 2. The van der Waals surface area contributed by atoms with Gasteiger partial charge in [0, 0.05) is 17.5 Å². The molecule has 2 aliphatic rings. The van der Waals surface area contributed by atoms with Crippen LogP contribution in [-0.2, 0) is 9.84 Å². The molecule has 0 spiro atoms. The van der Waals surface area contributed by atoms with Crippen LogP contribution >= 0.6 is 11.6 Å². The Morgan fingerprint density at radius 3 is 2.48 bits per heavy atom. The molecule has 0 aromatic heterocycles. The van der Waals surface area contributed by atoms with Gasteiger partial charge in [-0.15, -0.1) is 0 Å². The molecule has 1 aliphatic carbocycles. The number of benzene rings is 2. The third-order valence-electron chi connectivity index (χ3n) is 4.89. The van der Waals surface area contributed by atoms with E-state index in [0.29, 0.717) is 16.5 Å². The van der Waals surface area contributed by atoms with Crippen molar-refractivity contribution in [2.45, 2.75) is 21.6 Å². The minimum atomic E-state index is -3.65. The highest BCUT2D eigenvalue weighted by Crippen LogP contribution is 2.56. The van der Waals surface area contributed by atoms with Crippen LogP contribution in [0.2, 0.25) is 5.02 Å². The van der Waals surface area contributed by atoms with Gasteiger partial charge in [0.2, 0.25) is 6.79 Å². The molecule has 1 saturated carbocycles. The van der Waals surface area contributed by atoms with Crippen molar-refractivity contribution in [3.8, 4) is 11.5 Å². The molecular formula is C17H17ClN2O4S. The number of fused-ring (bicyclic) bond motifs is 1. The molecule has 25 heavy (non-hydrogen) atoms. The second-order valence-electron chi connectivity index (χ2n) is 6.33. The molecule has 0 amide bonds. The molecule has 2 aromatic carbocycles. The van der Waals surface area contributed by atoms with E-state index in [9.17, 15) is 8.42 Å². The summed E-state index contributed by atoms with van der Waals surface area (Å²) in [5.41, 5.74) is 11.9. The lowest BCUT2D eigenvalue weighted by molar-refractivity contribution is 0.174. The number of sulfone groups is 1. The van der Waals surface area contributed by atoms with Gasteiger partial charge >= 0.3 is 0 Å². The maximum Gasteiger partial charge on any atom is 0.231 e. The molecule has 8 heteroatoms. The van der Waals surface area contributed by atoms with Crippen LogP contribution in [0.25, 0.3) is 0 Å². The summed E-state index contributed by atoms with van der Waals surface area (Å²) in [7, 11) is -3.65. The van der Waals surface area contributed by atoms with Crippen LogP contribution in [-0.4, -0.2) is 32.5 Å². The van der Waals surface area contributed by atoms with Crippen molar-refractivity contribution in [3.63, 3.8) is 0 Å². The highest BCUT2D eigenvalue weighted by molar-refractivity contribution is 7.92. The first-order valence-corrected chi connectivity index (χ1v) is 9.68. The Morgan fingerprint density at radius 2 is 1.80 bits per heavy atom. The predicted octanol–water partition coefficient (Wildman–Crippen LogP) is 1.66. The van der Waals surface area contributed by atoms with E-state index in [1.165, 1.54) is 12.1 Å². The van der Waals surface area contributed by atoms with Gasteiger partial charge in [-0.1, -0.05) is 17.7 Å². The Balaban J connectivity index is 1.73. The molecule has 0 saturated heterocycles. The molecule has 4 N–H and O–H groups in total. The first-order chi connectivity index (χ1) is 11.9. The van der Waals surface area contributed by atoms with Crippen molar-refractivity contribution < 1.29 is 17.9 Å². The van der Waals surface area contributed by atoms with Gasteiger partial charge in [-0.05, 0) is 42.0 Å². The van der Waals surface area contributed by atoms with Gasteiger partial charge < -0.3 is 20.9 Å². The van der Waals surface area contributed by atoms with Crippen LogP contribution in [0.4, 0.5) is 0 Å². The van der Waals surface area contributed by atoms with Gasteiger partial charge in [0.25, 0.3) is 0 Å². The SMILES string of the molecule is NC[C@@]1(N)[C@H](c2ccc3c(c2)OCO3)[C@@H]1S(=O)(=O)c1ccc(Cl)cc1. The van der Waals surface area contributed by atoms with Gasteiger partial charge in [0.1, 0.15) is 0 Å². The number of hydrogen-bond acceptors (Lipinski definition) is 6. The zero-order chi connectivity index (χ0) is 17.8. The lowest BCUT2D eigenvalue weighted by atomic mass is 10.1. The molecule has 132 valence electrons. The van der Waals surface area contributed by atoms with E-state index in [1.807, 2.05) is 6.07 Å². The molecule has 6 nitrogen and oxygen atoms in total. The van der Waals surface area contributed by atoms with Crippen LogP contribution in [0, 0.1) is 0 Å². The molecule has 2 aromatic rings. The first-order valence-electron chi connectivity index (χ1n) is 7.76. The minimum Gasteiger partial charge on any atom is -0.454 e. The standard InChI is InChI=1S/C17H17ClN2O4S/c18-11-2-4-12(5-3-11)25(21,22)16-15(17(16,20)8-19)10-1-6-13-14(7-10)24-9-23-13/h1-7,15-16H,8-9,19-20H2/t15-,16+,17-/m1/s1. The first kappa shape index (κ1) is 16.7. The molecule has 1 aliphatic heterocycles. The quantitative estimate of drug-likeness (QED) is 0.835. The highest BCUT2D eigenvalue weighted by Gasteiger charge is 2.68. The topological polar surface area (TPSA) is 105 Å². The largest absolute Gasteiger partial charge is 0.454 e. The third-order valence-corrected chi connectivity index (χ3v) is 7.45. The monoisotopic (exact) mass is 380 g/mol. The van der Waals surface area contributed by atoms with Gasteiger partial charge in [-0.2, -0.15) is 0 Å². The van der Waals surface area contributed by atoms with E-state index < -0.39 is 26.5 Å². The number of halogens is 1. The van der Waals surface area contributed by atoms with Crippen LogP contribution in [0.5, 0.6) is 11.5 Å². The number of ether oxygens (including phenoxy) is 2. The fraction of sp³-hybridized carbons (Fsp3) is 0.294. The van der Waals surface area contributed by atoms with Crippen molar-refractivity contribution >= 4 is 21.4 Å². The fourth-order valence-electron chi connectivity index (χ4n) is 3.50. The Kier molecular flexibility index (Phi) is 3.73. The van der Waals surface area contributed by atoms with E-state index >= 15 is 0 Å². The summed E-state index contributed by atoms with van der Waals surface area (Å²) >= 11 is 5.85. The lowest BCUT2D eigenvalue weighted by Crippen LogP contribution is -2.39. The third kappa shape index (κ3) is 2.50. The molecule has 0 unspecified atom stereocenters. The Morgan fingerprint density at radius 1 is 1.12 bits per heavy atom. The van der Waals surface area contributed by atoms with Crippen molar-refractivity contribution in [2.75, 3.05) is 13.3 Å². The van der Waals surface area contributed by atoms with Gasteiger partial charge in [-0.25, -0.2) is 8.42 Å². The Bertz CT molecular complexity index is 932. The molecule has 1 fully saturated rings. The summed E-state index contributed by atoms with van der Waals surface area (Å²) in [5, 5.41) is -0.327. The predicted molar refractivity (Wildman–Crippen MR) is 93.7 cm³/mol. The van der Waals surface area contributed by atoms with Gasteiger partial charge in [-0.3, -0.25) is 0 Å². The average Bonchev–Trinajstić information content (AvgIpc) is 2.99. The summed E-state index contributed by atoms with van der Waals surface area (Å²) in [6, 6.07) is 11.4. The van der Waals surface area contributed by atoms with Crippen molar-refractivity contribution in [1.82, 2.24) is 0 Å². The summed E-state index contributed by atoms with van der Waals surface area (Å²) in [6.45, 7) is 0.213. The van der Waals surface area contributed by atoms with Crippen LogP contribution in [0.3, 0.4) is 0 Å². The van der Waals surface area contributed by atoms with E-state index in [4.69, 9.17) is 32.5 Å². The molecule has 3 atom stereocenters. The number of nitrogens with two attached hydrogens (primary N) is 2. The summed E-state index contributed by atoms with van der Waals surface area (Å²) in [5.74, 6) is 0.816. The summed E-state index contributed by atoms with van der Waals surface area (Å²) < 4.78 is 36.8. The van der Waals surface area contributed by atoms with Crippen molar-refractivity contribution in [3.05, 3.63) is 53.1 Å². The smallest absolute Gasteiger partial charge is 0.231 e. The number of rotatable bonds is 4. The Labute approximate surface area is 150 Å². The van der Waals surface area contributed by atoms with Crippen LogP contribution in [0.15, 0.2) is 47.4 Å². The normalized spacial score (nSPS) is 27.3. The molecule has 4 rings (SSSR count). The fourth-order valence-corrected chi connectivity index (χ4v) is 5.94. The van der Waals surface area contributed by atoms with Crippen molar-refractivity contribution in [1.29, 1.82) is 0 Å². The second-order valence-corrected chi connectivity index (χ2v) is 8.83. The van der Waals surface area contributed by atoms with Crippen molar-refractivity contribution in [2.24, 2.45) is 11.5 Å². The maximum atomic E-state index is 13.1. The van der Waals surface area contributed by atoms with E-state index in [1.54, 1.807) is 24.3 Å².